The first kappa shape index (κ1) is 25.1. The van der Waals surface area contributed by atoms with E-state index in [1.807, 2.05) is 0 Å². The number of hydrogen-bond donors (Lipinski definition) is 3. The summed E-state index contributed by atoms with van der Waals surface area (Å²) >= 11 is 0. The van der Waals surface area contributed by atoms with Crippen LogP contribution in [0.1, 0.15) is 24.8 Å². The number of methoxy groups -OCH3 is 1. The van der Waals surface area contributed by atoms with Gasteiger partial charge in [-0.3, -0.25) is 4.99 Å². The van der Waals surface area contributed by atoms with Gasteiger partial charge in [-0.2, -0.15) is 0 Å². The molecule has 0 aliphatic carbocycles. The molecule has 2 rings (SSSR count). The highest BCUT2D eigenvalue weighted by Crippen LogP contribution is 2.14. The molecule has 1 saturated heterocycles. The summed E-state index contributed by atoms with van der Waals surface area (Å²) in [5, 5.41) is 6.39. The summed E-state index contributed by atoms with van der Waals surface area (Å²) in [6, 6.07) is 6.82. The van der Waals surface area contributed by atoms with Crippen molar-refractivity contribution in [2.45, 2.75) is 36.8 Å². The van der Waals surface area contributed by atoms with E-state index < -0.39 is 10.0 Å². The minimum atomic E-state index is -3.52. The highest BCUT2D eigenvalue weighted by atomic mass is 127. The number of nitrogens with one attached hydrogen (secondary N) is 3. The van der Waals surface area contributed by atoms with Gasteiger partial charge in [0.2, 0.25) is 10.0 Å². The lowest BCUT2D eigenvalue weighted by Gasteiger charge is -2.13. The molecule has 8 nitrogen and oxygen atoms in total. The highest BCUT2D eigenvalue weighted by Gasteiger charge is 2.20. The van der Waals surface area contributed by atoms with Gasteiger partial charge in [0.25, 0.3) is 0 Å². The van der Waals surface area contributed by atoms with Crippen molar-refractivity contribution in [2.75, 3.05) is 40.5 Å². The lowest BCUT2D eigenvalue weighted by molar-refractivity contribution is 0.114. The summed E-state index contributed by atoms with van der Waals surface area (Å²) in [5.41, 5.74) is 0.966. The number of halogens is 1. The van der Waals surface area contributed by atoms with Gasteiger partial charge in [0.05, 0.1) is 11.0 Å². The van der Waals surface area contributed by atoms with Crippen molar-refractivity contribution >= 4 is 40.0 Å². The van der Waals surface area contributed by atoms with Crippen LogP contribution in [-0.2, 0) is 26.0 Å². The van der Waals surface area contributed by atoms with E-state index in [2.05, 4.69) is 20.3 Å². The van der Waals surface area contributed by atoms with Gasteiger partial charge in [-0.05, 0) is 37.0 Å². The Labute approximate surface area is 184 Å². The van der Waals surface area contributed by atoms with E-state index in [0.29, 0.717) is 32.3 Å². The fraction of sp³-hybridized carbons (Fsp3) is 0.611. The number of rotatable bonds is 10. The molecule has 1 aromatic rings. The number of benzene rings is 1. The molecule has 3 N–H and O–H groups in total. The Morgan fingerprint density at radius 1 is 1.29 bits per heavy atom. The predicted molar refractivity (Wildman–Crippen MR) is 121 cm³/mol. The van der Waals surface area contributed by atoms with Gasteiger partial charge >= 0.3 is 0 Å². The topological polar surface area (TPSA) is 101 Å². The highest BCUT2D eigenvalue weighted by molar-refractivity contribution is 14.0. The number of guanidine groups is 1. The SMILES string of the molecule is CN=C(NCCCOC)NCc1ccc(S(=O)(=O)NCC2CCCO2)cc1.I. The molecular weight excluding hydrogens is 495 g/mol. The van der Waals surface area contributed by atoms with Gasteiger partial charge in [0.1, 0.15) is 0 Å². The minimum Gasteiger partial charge on any atom is -0.385 e. The van der Waals surface area contributed by atoms with Crippen LogP contribution >= 0.6 is 24.0 Å². The predicted octanol–water partition coefficient (Wildman–Crippen LogP) is 1.46. The monoisotopic (exact) mass is 526 g/mol. The second-order valence-electron chi connectivity index (χ2n) is 6.33. The summed E-state index contributed by atoms with van der Waals surface area (Å²) in [6.45, 7) is 3.03. The minimum absolute atomic E-state index is 0. The van der Waals surface area contributed by atoms with Crippen molar-refractivity contribution in [2.24, 2.45) is 4.99 Å². The van der Waals surface area contributed by atoms with Crippen LogP contribution < -0.4 is 15.4 Å². The van der Waals surface area contributed by atoms with Gasteiger partial charge in [-0.25, -0.2) is 13.1 Å². The Balaban J connectivity index is 0.00000392. The number of aliphatic imine (C=N–C) groups is 1. The van der Waals surface area contributed by atoms with Crippen LogP contribution in [0.25, 0.3) is 0 Å². The van der Waals surface area contributed by atoms with E-state index in [-0.39, 0.29) is 35.0 Å². The molecule has 0 bridgehead atoms. The number of nitrogens with zero attached hydrogens (tertiary/aromatic N) is 1. The Kier molecular flexibility index (Phi) is 11.9. The first-order valence-electron chi connectivity index (χ1n) is 9.19. The Morgan fingerprint density at radius 3 is 2.64 bits per heavy atom. The molecule has 28 heavy (non-hydrogen) atoms. The summed E-state index contributed by atoms with van der Waals surface area (Å²) in [5.74, 6) is 0.695. The lowest BCUT2D eigenvalue weighted by atomic mass is 10.2. The van der Waals surface area contributed by atoms with Gasteiger partial charge < -0.3 is 20.1 Å². The molecule has 0 spiro atoms. The molecule has 10 heteroatoms. The first-order chi connectivity index (χ1) is 13.0. The van der Waals surface area contributed by atoms with E-state index in [4.69, 9.17) is 9.47 Å². The largest absolute Gasteiger partial charge is 0.385 e. The third-order valence-corrected chi connectivity index (χ3v) is 5.70. The number of hydrogen-bond acceptors (Lipinski definition) is 5. The van der Waals surface area contributed by atoms with Crippen LogP contribution in [0.15, 0.2) is 34.2 Å². The molecular formula is C18H31IN4O4S. The maximum atomic E-state index is 12.4. The second-order valence-corrected chi connectivity index (χ2v) is 8.10. The van der Waals surface area contributed by atoms with E-state index in [1.54, 1.807) is 38.4 Å². The fourth-order valence-corrected chi connectivity index (χ4v) is 3.77. The normalized spacial score (nSPS) is 17.2. The molecule has 1 aromatic carbocycles. The van der Waals surface area contributed by atoms with Gasteiger partial charge in [0.15, 0.2) is 5.96 Å². The molecule has 0 radical (unpaired) electrons. The smallest absolute Gasteiger partial charge is 0.240 e. The van der Waals surface area contributed by atoms with Crippen LogP contribution in [0.5, 0.6) is 0 Å². The zero-order chi connectivity index (χ0) is 19.5. The summed E-state index contributed by atoms with van der Waals surface area (Å²) < 4.78 is 37.8. The molecule has 1 heterocycles. The maximum Gasteiger partial charge on any atom is 0.240 e. The van der Waals surface area contributed by atoms with Crippen molar-refractivity contribution in [1.29, 1.82) is 0 Å². The quantitative estimate of drug-likeness (QED) is 0.185. The van der Waals surface area contributed by atoms with E-state index in [9.17, 15) is 8.42 Å². The Hall–Kier alpha value is -0.950. The van der Waals surface area contributed by atoms with Crippen molar-refractivity contribution in [1.82, 2.24) is 15.4 Å². The Morgan fingerprint density at radius 2 is 2.04 bits per heavy atom. The van der Waals surface area contributed by atoms with E-state index >= 15 is 0 Å². The van der Waals surface area contributed by atoms with Crippen LogP contribution in [-0.4, -0.2) is 60.9 Å². The molecule has 1 atom stereocenters. The molecule has 1 fully saturated rings. The summed E-state index contributed by atoms with van der Waals surface area (Å²) in [7, 11) is -0.131. The van der Waals surface area contributed by atoms with Gasteiger partial charge in [-0.15, -0.1) is 24.0 Å². The van der Waals surface area contributed by atoms with Crippen LogP contribution in [0.4, 0.5) is 0 Å². The summed E-state index contributed by atoms with van der Waals surface area (Å²) in [4.78, 5) is 4.41. The first-order valence-corrected chi connectivity index (χ1v) is 10.7. The van der Waals surface area contributed by atoms with Gasteiger partial charge in [-0.1, -0.05) is 12.1 Å². The molecule has 1 unspecified atom stereocenters. The van der Waals surface area contributed by atoms with E-state index in [1.165, 1.54) is 0 Å². The average Bonchev–Trinajstić information content (AvgIpc) is 3.20. The zero-order valence-electron chi connectivity index (χ0n) is 16.4. The number of ether oxygens (including phenoxy) is 2. The third-order valence-electron chi connectivity index (χ3n) is 4.26. The fourth-order valence-electron chi connectivity index (χ4n) is 2.71. The van der Waals surface area contributed by atoms with Crippen LogP contribution in [0.3, 0.4) is 0 Å². The maximum absolute atomic E-state index is 12.4. The average molecular weight is 526 g/mol. The molecule has 1 aliphatic heterocycles. The molecule has 0 aromatic heterocycles. The van der Waals surface area contributed by atoms with Crippen molar-refractivity contribution < 1.29 is 17.9 Å². The van der Waals surface area contributed by atoms with Crippen molar-refractivity contribution in [3.8, 4) is 0 Å². The van der Waals surface area contributed by atoms with Crippen molar-refractivity contribution in [3.63, 3.8) is 0 Å². The van der Waals surface area contributed by atoms with Crippen LogP contribution in [0, 0.1) is 0 Å². The summed E-state index contributed by atoms with van der Waals surface area (Å²) in [6.07, 6.45) is 2.75. The second kappa shape index (κ2) is 13.3. The van der Waals surface area contributed by atoms with Crippen LogP contribution in [0.2, 0.25) is 0 Å². The number of sulfonamides is 1. The Bertz CT molecular complexity index is 692. The van der Waals surface area contributed by atoms with E-state index in [0.717, 1.165) is 31.4 Å². The lowest BCUT2D eigenvalue weighted by Crippen LogP contribution is -2.37. The molecule has 160 valence electrons. The zero-order valence-corrected chi connectivity index (χ0v) is 19.6. The third kappa shape index (κ3) is 8.60. The molecule has 1 aliphatic rings. The van der Waals surface area contributed by atoms with Gasteiger partial charge in [0, 0.05) is 47.0 Å². The molecule has 0 saturated carbocycles. The molecule has 0 amide bonds. The van der Waals surface area contributed by atoms with Crippen molar-refractivity contribution in [3.05, 3.63) is 29.8 Å². The standard InChI is InChI=1S/C18H30N4O4S.HI/c1-19-18(20-10-4-11-25-2)21-13-15-6-8-17(9-7-15)27(23,24)22-14-16-5-3-12-26-16;/h6-9,16,22H,3-5,10-14H2,1-2H3,(H2,19,20,21);1H.